The van der Waals surface area contributed by atoms with Gasteiger partial charge in [-0.2, -0.15) is 5.26 Å². The van der Waals surface area contributed by atoms with Crippen LogP contribution in [-0.2, 0) is 12.7 Å². The molecule has 0 fully saturated rings. The summed E-state index contributed by atoms with van der Waals surface area (Å²) in [5, 5.41) is 9.06. The number of halogens is 3. The summed E-state index contributed by atoms with van der Waals surface area (Å²) in [6.07, 6.45) is 2.97. The molecular weight excluding hydrogens is 432 g/mol. The Labute approximate surface area is 189 Å². The number of para-hydroxylation sites is 1. The SMILES string of the molecule is Cn1cncc1C(F)(COc1ccccc1-c1ccc(F)c(Cl)c1)c1ccc(C#N)cc1. The van der Waals surface area contributed by atoms with E-state index in [9.17, 15) is 4.39 Å². The molecule has 0 spiro atoms. The normalized spacial score (nSPS) is 12.7. The average Bonchev–Trinajstić information content (AvgIpc) is 3.26. The standard InChI is InChI=1S/C25H18ClF2N3O/c1-31-16-30-14-24(31)25(28,19-9-6-17(13-29)7-10-19)15-32-23-5-3-2-4-20(23)18-8-11-22(27)21(26)12-18/h2-12,14,16H,15H2,1H3. The van der Waals surface area contributed by atoms with E-state index < -0.39 is 11.5 Å². The summed E-state index contributed by atoms with van der Waals surface area (Å²) in [6.45, 7) is -0.343. The van der Waals surface area contributed by atoms with Crippen LogP contribution in [0.15, 0.2) is 79.3 Å². The largest absolute Gasteiger partial charge is 0.489 e. The molecule has 0 saturated carbocycles. The number of rotatable bonds is 6. The average molecular weight is 450 g/mol. The minimum absolute atomic E-state index is 0.00962. The van der Waals surface area contributed by atoms with Gasteiger partial charge in [0, 0.05) is 12.6 Å². The first kappa shape index (κ1) is 21.5. The van der Waals surface area contributed by atoms with Crippen LogP contribution < -0.4 is 4.74 Å². The maximum Gasteiger partial charge on any atom is 0.210 e. The highest BCUT2D eigenvalue weighted by Crippen LogP contribution is 2.37. The third-order valence-electron chi connectivity index (χ3n) is 5.24. The summed E-state index contributed by atoms with van der Waals surface area (Å²) in [6, 6.07) is 19.8. The molecule has 0 bridgehead atoms. The molecule has 0 aliphatic rings. The molecule has 160 valence electrons. The van der Waals surface area contributed by atoms with Gasteiger partial charge in [-0.25, -0.2) is 13.8 Å². The van der Waals surface area contributed by atoms with E-state index in [-0.39, 0.29) is 11.6 Å². The van der Waals surface area contributed by atoms with E-state index in [0.29, 0.717) is 33.7 Å². The maximum absolute atomic E-state index is 16.6. The van der Waals surface area contributed by atoms with Gasteiger partial charge in [0.2, 0.25) is 5.67 Å². The van der Waals surface area contributed by atoms with Gasteiger partial charge < -0.3 is 9.30 Å². The molecule has 0 radical (unpaired) electrons. The van der Waals surface area contributed by atoms with Crippen LogP contribution in [0, 0.1) is 17.1 Å². The summed E-state index contributed by atoms with van der Waals surface area (Å²) >= 11 is 5.95. The van der Waals surface area contributed by atoms with Gasteiger partial charge >= 0.3 is 0 Å². The topological polar surface area (TPSA) is 50.8 Å². The zero-order valence-corrected chi connectivity index (χ0v) is 17.9. The number of hydrogen-bond donors (Lipinski definition) is 0. The lowest BCUT2D eigenvalue weighted by atomic mass is 9.92. The van der Waals surface area contributed by atoms with Crippen LogP contribution in [0.2, 0.25) is 5.02 Å². The molecule has 4 aromatic rings. The van der Waals surface area contributed by atoms with Crippen molar-refractivity contribution in [3.8, 4) is 22.9 Å². The minimum Gasteiger partial charge on any atom is -0.489 e. The first-order valence-electron chi connectivity index (χ1n) is 9.76. The number of aromatic nitrogens is 2. The van der Waals surface area contributed by atoms with Gasteiger partial charge in [0.05, 0.1) is 34.9 Å². The molecule has 3 aromatic carbocycles. The van der Waals surface area contributed by atoms with Gasteiger partial charge in [0.1, 0.15) is 18.2 Å². The number of nitrogens with zero attached hydrogens (tertiary/aromatic N) is 3. The Hall–Kier alpha value is -3.69. The maximum atomic E-state index is 16.6. The Kier molecular flexibility index (Phi) is 5.93. The van der Waals surface area contributed by atoms with Crippen molar-refractivity contribution in [1.82, 2.24) is 9.55 Å². The molecule has 1 heterocycles. The van der Waals surface area contributed by atoms with Crippen molar-refractivity contribution in [3.05, 3.63) is 107 Å². The summed E-state index contributed by atoms with van der Waals surface area (Å²) in [5.41, 5.74) is 0.344. The van der Waals surface area contributed by atoms with Crippen LogP contribution in [0.3, 0.4) is 0 Å². The Morgan fingerprint density at radius 3 is 2.53 bits per heavy atom. The second-order valence-corrected chi connectivity index (χ2v) is 7.70. The minimum atomic E-state index is -2.03. The van der Waals surface area contributed by atoms with Crippen molar-refractivity contribution >= 4 is 11.6 Å². The van der Waals surface area contributed by atoms with Gasteiger partial charge in [0.15, 0.2) is 0 Å². The highest BCUT2D eigenvalue weighted by atomic mass is 35.5. The molecular formula is C25H18ClF2N3O. The molecule has 0 N–H and O–H groups in total. The molecule has 1 atom stereocenters. The number of benzene rings is 3. The Balaban J connectivity index is 1.71. The third kappa shape index (κ3) is 4.08. The number of hydrogen-bond acceptors (Lipinski definition) is 3. The molecule has 32 heavy (non-hydrogen) atoms. The lowest BCUT2D eigenvalue weighted by Gasteiger charge is -2.27. The highest BCUT2D eigenvalue weighted by Gasteiger charge is 2.38. The second-order valence-electron chi connectivity index (χ2n) is 7.29. The van der Waals surface area contributed by atoms with Crippen molar-refractivity contribution in [2.75, 3.05) is 6.61 Å². The number of imidazole rings is 1. The van der Waals surface area contributed by atoms with Gasteiger partial charge in [0.25, 0.3) is 0 Å². The second kappa shape index (κ2) is 8.81. The monoisotopic (exact) mass is 449 g/mol. The molecule has 4 nitrogen and oxygen atoms in total. The Morgan fingerprint density at radius 2 is 1.88 bits per heavy atom. The number of nitriles is 1. The molecule has 1 aromatic heterocycles. The molecule has 0 saturated heterocycles. The summed E-state index contributed by atoms with van der Waals surface area (Å²) < 4.78 is 37.8. The van der Waals surface area contributed by atoms with E-state index in [2.05, 4.69) is 4.98 Å². The van der Waals surface area contributed by atoms with E-state index in [4.69, 9.17) is 21.6 Å². The number of alkyl halides is 1. The fourth-order valence-electron chi connectivity index (χ4n) is 3.53. The van der Waals surface area contributed by atoms with Gasteiger partial charge in [-0.3, -0.25) is 0 Å². The zero-order chi connectivity index (χ0) is 22.7. The molecule has 7 heteroatoms. The van der Waals surface area contributed by atoms with Crippen LogP contribution in [0.5, 0.6) is 5.75 Å². The van der Waals surface area contributed by atoms with Crippen LogP contribution in [0.1, 0.15) is 16.8 Å². The molecule has 1 unspecified atom stereocenters. The fourth-order valence-corrected chi connectivity index (χ4v) is 3.71. The molecule has 4 rings (SSSR count). The predicted molar refractivity (Wildman–Crippen MR) is 119 cm³/mol. The van der Waals surface area contributed by atoms with Crippen LogP contribution in [0.25, 0.3) is 11.1 Å². The Morgan fingerprint density at radius 1 is 1.12 bits per heavy atom. The van der Waals surface area contributed by atoms with E-state index in [1.807, 2.05) is 12.1 Å². The van der Waals surface area contributed by atoms with E-state index in [1.54, 1.807) is 60.1 Å². The molecule has 0 aliphatic carbocycles. The van der Waals surface area contributed by atoms with Gasteiger partial charge in [-0.05, 0) is 41.5 Å². The molecule has 0 aliphatic heterocycles. The third-order valence-corrected chi connectivity index (χ3v) is 5.53. The predicted octanol–water partition coefficient (Wildman–Crippen LogP) is 6.04. The van der Waals surface area contributed by atoms with E-state index in [0.717, 1.165) is 0 Å². The van der Waals surface area contributed by atoms with Crippen molar-refractivity contribution in [3.63, 3.8) is 0 Å². The Bertz CT molecular complexity index is 1300. The van der Waals surface area contributed by atoms with E-state index >= 15 is 4.39 Å². The highest BCUT2D eigenvalue weighted by molar-refractivity contribution is 6.31. The van der Waals surface area contributed by atoms with Crippen LogP contribution >= 0.6 is 11.6 Å². The van der Waals surface area contributed by atoms with Crippen molar-refractivity contribution in [1.29, 1.82) is 5.26 Å². The lowest BCUT2D eigenvalue weighted by molar-refractivity contribution is 0.115. The summed E-state index contributed by atoms with van der Waals surface area (Å²) in [4.78, 5) is 4.05. The fraction of sp³-hybridized carbons (Fsp3) is 0.120. The van der Waals surface area contributed by atoms with Crippen molar-refractivity contribution in [2.24, 2.45) is 7.05 Å². The first-order chi connectivity index (χ1) is 15.4. The van der Waals surface area contributed by atoms with Gasteiger partial charge in [-0.15, -0.1) is 0 Å². The van der Waals surface area contributed by atoms with Crippen molar-refractivity contribution < 1.29 is 13.5 Å². The quantitative estimate of drug-likeness (QED) is 0.360. The number of ether oxygens (including phenoxy) is 1. The van der Waals surface area contributed by atoms with Crippen molar-refractivity contribution in [2.45, 2.75) is 5.67 Å². The summed E-state index contributed by atoms with van der Waals surface area (Å²) in [5.74, 6) is -0.0957. The first-order valence-corrected chi connectivity index (χ1v) is 10.1. The number of aryl methyl sites for hydroxylation is 1. The lowest BCUT2D eigenvalue weighted by Crippen LogP contribution is -2.32. The molecule has 0 amide bonds. The smallest absolute Gasteiger partial charge is 0.210 e. The summed E-state index contributed by atoms with van der Waals surface area (Å²) in [7, 11) is 1.70. The zero-order valence-electron chi connectivity index (χ0n) is 17.1. The van der Waals surface area contributed by atoms with Crippen LogP contribution in [-0.4, -0.2) is 16.2 Å². The van der Waals surface area contributed by atoms with E-state index in [1.165, 1.54) is 24.7 Å². The van der Waals surface area contributed by atoms with Gasteiger partial charge in [-0.1, -0.05) is 48.0 Å². The van der Waals surface area contributed by atoms with Crippen LogP contribution in [0.4, 0.5) is 8.78 Å².